The maximum absolute atomic E-state index is 12.7. The third-order valence-corrected chi connectivity index (χ3v) is 2.76. The number of alkyl halides is 3. The highest BCUT2D eigenvalue weighted by Crippen LogP contribution is 2.32. The molecule has 1 unspecified atom stereocenters. The second kappa shape index (κ2) is 6.71. The Morgan fingerprint density at radius 3 is 2.50 bits per heavy atom. The minimum absolute atomic E-state index is 0.0478. The van der Waals surface area contributed by atoms with Crippen LogP contribution in [-0.2, 0) is 17.5 Å². The van der Waals surface area contributed by atoms with Crippen LogP contribution in [0.15, 0.2) is 18.2 Å². The smallest absolute Gasteiger partial charge is 0.326 e. The van der Waals surface area contributed by atoms with Crippen LogP contribution in [0.2, 0.25) is 0 Å². The lowest BCUT2D eigenvalue weighted by Crippen LogP contribution is -2.35. The Labute approximate surface area is 115 Å². The molecule has 5 N–H and O–H groups in total. The fraction of sp³-hybridized carbons (Fsp3) is 0.462. The zero-order valence-corrected chi connectivity index (χ0v) is 11.1. The van der Waals surface area contributed by atoms with Gasteiger partial charge in [-0.25, -0.2) is 0 Å². The van der Waals surface area contributed by atoms with Crippen molar-refractivity contribution >= 4 is 11.6 Å². The molecule has 0 fully saturated rings. The number of hydrogen-bond acceptors (Lipinski definition) is 3. The average Bonchev–Trinajstić information content (AvgIpc) is 2.37. The normalized spacial score (nSPS) is 13.1. The Balaban J connectivity index is 2.98. The van der Waals surface area contributed by atoms with E-state index in [1.807, 2.05) is 6.92 Å². The molecule has 0 spiro atoms. The summed E-state index contributed by atoms with van der Waals surface area (Å²) in [6.45, 7) is 1.82. The maximum Gasteiger partial charge on any atom is 0.416 e. The largest absolute Gasteiger partial charge is 0.416 e. The number of anilines is 1. The molecular weight excluding hydrogens is 271 g/mol. The van der Waals surface area contributed by atoms with Gasteiger partial charge in [-0.2, -0.15) is 13.2 Å². The van der Waals surface area contributed by atoms with E-state index in [2.05, 4.69) is 5.32 Å². The van der Waals surface area contributed by atoms with E-state index in [0.29, 0.717) is 18.4 Å². The minimum Gasteiger partial charge on any atom is -0.326 e. The lowest BCUT2D eigenvalue weighted by molar-refractivity contribution is -0.137. The third-order valence-electron chi connectivity index (χ3n) is 2.76. The van der Waals surface area contributed by atoms with E-state index in [0.717, 1.165) is 12.1 Å². The highest BCUT2D eigenvalue weighted by Gasteiger charge is 2.31. The van der Waals surface area contributed by atoms with Crippen molar-refractivity contribution in [3.05, 3.63) is 29.3 Å². The lowest BCUT2D eigenvalue weighted by atomic mass is 10.1. The summed E-state index contributed by atoms with van der Waals surface area (Å²) in [6.07, 6.45) is -3.31. The molecule has 0 aliphatic carbocycles. The molecule has 4 nitrogen and oxygen atoms in total. The summed E-state index contributed by atoms with van der Waals surface area (Å²) < 4.78 is 38.2. The Hall–Kier alpha value is -1.60. The van der Waals surface area contributed by atoms with Crippen LogP contribution in [-0.4, -0.2) is 11.9 Å². The Morgan fingerprint density at radius 1 is 1.35 bits per heavy atom. The number of amides is 1. The number of nitrogens with one attached hydrogen (secondary N) is 1. The number of hydrogen-bond donors (Lipinski definition) is 3. The number of nitrogens with two attached hydrogens (primary N) is 2. The second-order valence-corrected chi connectivity index (χ2v) is 4.50. The molecule has 7 heteroatoms. The Bertz CT molecular complexity index is 474. The van der Waals surface area contributed by atoms with Crippen LogP contribution in [0.3, 0.4) is 0 Å². The average molecular weight is 289 g/mol. The summed E-state index contributed by atoms with van der Waals surface area (Å²) >= 11 is 0. The van der Waals surface area contributed by atoms with Crippen molar-refractivity contribution in [3.8, 4) is 0 Å². The summed E-state index contributed by atoms with van der Waals surface area (Å²) in [5.41, 5.74) is 10.5. The van der Waals surface area contributed by atoms with Crippen LogP contribution in [0.5, 0.6) is 0 Å². The van der Waals surface area contributed by atoms with Crippen LogP contribution < -0.4 is 16.8 Å². The van der Waals surface area contributed by atoms with Crippen molar-refractivity contribution < 1.29 is 18.0 Å². The Morgan fingerprint density at radius 2 is 2.00 bits per heavy atom. The summed E-state index contributed by atoms with van der Waals surface area (Å²) in [5.74, 6) is -0.505. The van der Waals surface area contributed by atoms with Gasteiger partial charge in [0.1, 0.15) is 0 Å². The molecule has 0 radical (unpaired) electrons. The fourth-order valence-electron chi connectivity index (χ4n) is 1.72. The predicted molar refractivity (Wildman–Crippen MR) is 70.8 cm³/mol. The number of halogens is 3. The SMILES string of the molecule is CCCC(N)C(=O)Nc1cc(CN)cc(C(F)(F)F)c1. The van der Waals surface area contributed by atoms with Crippen LogP contribution in [0.25, 0.3) is 0 Å². The van der Waals surface area contributed by atoms with E-state index in [1.165, 1.54) is 6.07 Å². The molecule has 20 heavy (non-hydrogen) atoms. The van der Waals surface area contributed by atoms with Crippen LogP contribution >= 0.6 is 0 Å². The topological polar surface area (TPSA) is 81.1 Å². The first-order valence-electron chi connectivity index (χ1n) is 6.25. The lowest BCUT2D eigenvalue weighted by Gasteiger charge is -2.14. The summed E-state index contributed by atoms with van der Waals surface area (Å²) in [4.78, 5) is 11.7. The van der Waals surface area contributed by atoms with Gasteiger partial charge >= 0.3 is 6.18 Å². The van der Waals surface area contributed by atoms with Gasteiger partial charge in [0.2, 0.25) is 5.91 Å². The highest BCUT2D eigenvalue weighted by molar-refractivity contribution is 5.94. The quantitative estimate of drug-likeness (QED) is 0.777. The van der Waals surface area contributed by atoms with Gasteiger partial charge in [0, 0.05) is 12.2 Å². The Kier molecular flexibility index (Phi) is 5.52. The van der Waals surface area contributed by atoms with E-state index < -0.39 is 23.7 Å². The molecule has 1 amide bonds. The molecular formula is C13H18F3N3O. The number of benzene rings is 1. The van der Waals surface area contributed by atoms with E-state index >= 15 is 0 Å². The zero-order chi connectivity index (χ0) is 15.3. The van der Waals surface area contributed by atoms with E-state index in [4.69, 9.17) is 11.5 Å². The van der Waals surface area contributed by atoms with Crippen LogP contribution in [0, 0.1) is 0 Å². The van der Waals surface area contributed by atoms with Crippen molar-refractivity contribution in [1.29, 1.82) is 0 Å². The molecule has 112 valence electrons. The van der Waals surface area contributed by atoms with E-state index in [-0.39, 0.29) is 12.2 Å². The van der Waals surface area contributed by atoms with Crippen molar-refractivity contribution in [2.45, 2.75) is 38.5 Å². The molecule has 0 bridgehead atoms. The minimum atomic E-state index is -4.49. The number of rotatable bonds is 5. The van der Waals surface area contributed by atoms with Crippen molar-refractivity contribution in [2.75, 3.05) is 5.32 Å². The summed E-state index contributed by atoms with van der Waals surface area (Å²) in [5, 5.41) is 2.39. The van der Waals surface area contributed by atoms with Gasteiger partial charge < -0.3 is 16.8 Å². The first-order chi connectivity index (χ1) is 9.27. The molecule has 0 aliphatic rings. The predicted octanol–water partition coefficient (Wildman–Crippen LogP) is 2.23. The van der Waals surface area contributed by atoms with Gasteiger partial charge in [-0.05, 0) is 30.2 Å². The third kappa shape index (κ3) is 4.50. The van der Waals surface area contributed by atoms with E-state index in [1.54, 1.807) is 0 Å². The molecule has 1 rings (SSSR count). The van der Waals surface area contributed by atoms with Crippen molar-refractivity contribution in [3.63, 3.8) is 0 Å². The molecule has 1 aromatic rings. The first kappa shape index (κ1) is 16.5. The second-order valence-electron chi connectivity index (χ2n) is 4.50. The van der Waals surface area contributed by atoms with Crippen LogP contribution in [0.1, 0.15) is 30.9 Å². The molecule has 0 aromatic heterocycles. The zero-order valence-electron chi connectivity index (χ0n) is 11.1. The number of carbonyl (C=O) groups excluding carboxylic acids is 1. The maximum atomic E-state index is 12.7. The standard InChI is InChI=1S/C13H18F3N3O/c1-2-3-11(18)12(20)19-10-5-8(7-17)4-9(6-10)13(14,15)16/h4-6,11H,2-3,7,17-18H2,1H3,(H,19,20). The van der Waals surface area contributed by atoms with E-state index in [9.17, 15) is 18.0 Å². The van der Waals surface area contributed by atoms with Gasteiger partial charge in [0.25, 0.3) is 0 Å². The van der Waals surface area contributed by atoms with Gasteiger partial charge in [-0.3, -0.25) is 4.79 Å². The monoisotopic (exact) mass is 289 g/mol. The van der Waals surface area contributed by atoms with Gasteiger partial charge in [-0.1, -0.05) is 13.3 Å². The van der Waals surface area contributed by atoms with Crippen LogP contribution in [0.4, 0.5) is 18.9 Å². The van der Waals surface area contributed by atoms with Crippen molar-refractivity contribution in [1.82, 2.24) is 0 Å². The molecule has 0 saturated carbocycles. The summed E-state index contributed by atoms with van der Waals surface area (Å²) in [7, 11) is 0. The molecule has 0 aliphatic heterocycles. The van der Waals surface area contributed by atoms with Gasteiger partial charge in [-0.15, -0.1) is 0 Å². The first-order valence-corrected chi connectivity index (χ1v) is 6.25. The van der Waals surface area contributed by atoms with Crippen molar-refractivity contribution in [2.24, 2.45) is 11.5 Å². The molecule has 1 atom stereocenters. The van der Waals surface area contributed by atoms with Gasteiger partial charge in [0.05, 0.1) is 11.6 Å². The molecule has 0 saturated heterocycles. The molecule has 0 heterocycles. The fourth-order valence-corrected chi connectivity index (χ4v) is 1.72. The summed E-state index contributed by atoms with van der Waals surface area (Å²) in [6, 6.07) is 2.50. The highest BCUT2D eigenvalue weighted by atomic mass is 19.4. The van der Waals surface area contributed by atoms with Gasteiger partial charge in [0.15, 0.2) is 0 Å². The molecule has 1 aromatic carbocycles. The number of carbonyl (C=O) groups is 1.